The van der Waals surface area contributed by atoms with Gasteiger partial charge < -0.3 is 20.4 Å². The van der Waals surface area contributed by atoms with E-state index in [0.29, 0.717) is 25.6 Å². The molecule has 0 amide bonds. The van der Waals surface area contributed by atoms with Gasteiger partial charge in [0, 0.05) is 25.1 Å². The summed E-state index contributed by atoms with van der Waals surface area (Å²) in [5.41, 5.74) is 5.59. The molecule has 6 heteroatoms. The van der Waals surface area contributed by atoms with Crippen molar-refractivity contribution in [1.29, 1.82) is 0 Å². The summed E-state index contributed by atoms with van der Waals surface area (Å²) in [4.78, 5) is 21.3. The van der Waals surface area contributed by atoms with Crippen LogP contribution in [0.3, 0.4) is 0 Å². The number of nitrogens with zero attached hydrogens (tertiary/aromatic N) is 2. The number of nitrogens with two attached hydrogens (primary N) is 1. The van der Waals surface area contributed by atoms with Crippen molar-refractivity contribution >= 4 is 5.82 Å². The number of hydrogen-bond donors (Lipinski definition) is 2. The van der Waals surface area contributed by atoms with Gasteiger partial charge >= 0.3 is 0 Å². The first-order valence-corrected chi connectivity index (χ1v) is 6.87. The molecule has 0 radical (unpaired) electrons. The number of nitrogens with one attached hydrogen (secondary N) is 1. The van der Waals surface area contributed by atoms with Gasteiger partial charge in [-0.3, -0.25) is 4.79 Å². The standard InChI is InChI=1S/C13H20N4O2/c1-8-7-19-10(5-14)6-17(8)11-4-12(18)16-13(15-11)9-2-3-9/h4,8-10H,2-3,5-7,14H2,1H3,(H,15,16,18). The largest absolute Gasteiger partial charge is 0.373 e. The summed E-state index contributed by atoms with van der Waals surface area (Å²) in [5.74, 6) is 2.01. The third kappa shape index (κ3) is 2.64. The van der Waals surface area contributed by atoms with Crippen LogP contribution in [0.15, 0.2) is 10.9 Å². The summed E-state index contributed by atoms with van der Waals surface area (Å²) >= 11 is 0. The van der Waals surface area contributed by atoms with E-state index in [0.717, 1.165) is 24.5 Å². The number of aromatic amines is 1. The van der Waals surface area contributed by atoms with Crippen LogP contribution >= 0.6 is 0 Å². The number of hydrogen-bond acceptors (Lipinski definition) is 5. The first-order chi connectivity index (χ1) is 9.17. The molecule has 2 aliphatic rings. The third-order valence-corrected chi connectivity index (χ3v) is 3.77. The topological polar surface area (TPSA) is 84.2 Å². The average Bonchev–Trinajstić information content (AvgIpc) is 3.23. The quantitative estimate of drug-likeness (QED) is 0.814. The maximum absolute atomic E-state index is 11.8. The molecule has 104 valence electrons. The maximum Gasteiger partial charge on any atom is 0.252 e. The molecule has 1 aromatic heterocycles. The normalized spacial score (nSPS) is 27.6. The average molecular weight is 264 g/mol. The van der Waals surface area contributed by atoms with Crippen molar-refractivity contribution in [3.8, 4) is 0 Å². The van der Waals surface area contributed by atoms with Crippen LogP contribution in [0.5, 0.6) is 0 Å². The van der Waals surface area contributed by atoms with Gasteiger partial charge in [0.2, 0.25) is 0 Å². The minimum absolute atomic E-state index is 0.0154. The van der Waals surface area contributed by atoms with Gasteiger partial charge in [0.1, 0.15) is 11.6 Å². The number of H-pyrrole nitrogens is 1. The third-order valence-electron chi connectivity index (χ3n) is 3.77. The summed E-state index contributed by atoms with van der Waals surface area (Å²) in [7, 11) is 0. The van der Waals surface area contributed by atoms with E-state index in [4.69, 9.17) is 10.5 Å². The first-order valence-electron chi connectivity index (χ1n) is 6.87. The van der Waals surface area contributed by atoms with E-state index >= 15 is 0 Å². The lowest BCUT2D eigenvalue weighted by Crippen LogP contribution is -2.51. The van der Waals surface area contributed by atoms with E-state index in [1.54, 1.807) is 6.07 Å². The fourth-order valence-electron chi connectivity index (χ4n) is 2.44. The van der Waals surface area contributed by atoms with Crippen LogP contribution in [0.1, 0.15) is 31.5 Å². The Morgan fingerprint density at radius 1 is 1.58 bits per heavy atom. The molecule has 0 bridgehead atoms. The lowest BCUT2D eigenvalue weighted by molar-refractivity contribution is 0.0279. The molecule has 3 N–H and O–H groups in total. The predicted octanol–water partition coefficient (Wildman–Crippen LogP) is 0.200. The van der Waals surface area contributed by atoms with Gasteiger partial charge in [0.25, 0.3) is 5.56 Å². The fraction of sp³-hybridized carbons (Fsp3) is 0.692. The Hall–Kier alpha value is -1.40. The zero-order valence-electron chi connectivity index (χ0n) is 11.1. The van der Waals surface area contributed by atoms with Gasteiger partial charge in [-0.25, -0.2) is 4.98 Å². The van der Waals surface area contributed by atoms with Gasteiger partial charge in [-0.1, -0.05) is 0 Å². The molecular formula is C13H20N4O2. The zero-order valence-corrected chi connectivity index (χ0v) is 11.1. The van der Waals surface area contributed by atoms with E-state index in [-0.39, 0.29) is 17.7 Å². The summed E-state index contributed by atoms with van der Waals surface area (Å²) in [5, 5.41) is 0. The molecule has 1 saturated carbocycles. The highest BCUT2D eigenvalue weighted by atomic mass is 16.5. The maximum atomic E-state index is 11.8. The van der Waals surface area contributed by atoms with Crippen LogP contribution in [0.4, 0.5) is 5.82 Å². The van der Waals surface area contributed by atoms with Crippen molar-refractivity contribution in [2.45, 2.75) is 37.8 Å². The first kappa shape index (κ1) is 12.6. The molecule has 1 aliphatic carbocycles. The van der Waals surface area contributed by atoms with Crippen LogP contribution in [-0.2, 0) is 4.74 Å². The smallest absolute Gasteiger partial charge is 0.252 e. The number of morpholine rings is 1. The molecule has 2 atom stereocenters. The van der Waals surface area contributed by atoms with E-state index < -0.39 is 0 Å². The number of ether oxygens (including phenoxy) is 1. The molecule has 2 unspecified atom stereocenters. The highest BCUT2D eigenvalue weighted by Crippen LogP contribution is 2.38. The molecule has 6 nitrogen and oxygen atoms in total. The lowest BCUT2D eigenvalue weighted by Gasteiger charge is -2.38. The Balaban J connectivity index is 1.89. The Morgan fingerprint density at radius 2 is 2.37 bits per heavy atom. The van der Waals surface area contributed by atoms with Crippen molar-refractivity contribution < 1.29 is 4.74 Å². The van der Waals surface area contributed by atoms with Crippen molar-refractivity contribution in [1.82, 2.24) is 9.97 Å². The van der Waals surface area contributed by atoms with Gasteiger partial charge in [0.05, 0.1) is 18.8 Å². The van der Waals surface area contributed by atoms with E-state index in [2.05, 4.69) is 21.8 Å². The summed E-state index contributed by atoms with van der Waals surface area (Å²) in [6.07, 6.45) is 2.26. The lowest BCUT2D eigenvalue weighted by atomic mass is 10.2. The molecule has 1 saturated heterocycles. The Labute approximate surface area is 112 Å². The summed E-state index contributed by atoms with van der Waals surface area (Å²) < 4.78 is 5.63. The monoisotopic (exact) mass is 264 g/mol. The van der Waals surface area contributed by atoms with E-state index in [1.165, 1.54) is 0 Å². The van der Waals surface area contributed by atoms with Gasteiger partial charge in [-0.2, -0.15) is 0 Å². The SMILES string of the molecule is CC1COC(CN)CN1c1cc(=O)[nH]c(C2CC2)n1. The molecule has 0 spiro atoms. The molecule has 2 heterocycles. The van der Waals surface area contributed by atoms with Crippen LogP contribution in [0, 0.1) is 0 Å². The van der Waals surface area contributed by atoms with E-state index in [9.17, 15) is 4.79 Å². The summed E-state index contributed by atoms with van der Waals surface area (Å²) in [6, 6.07) is 1.78. The molecule has 0 aromatic carbocycles. The minimum Gasteiger partial charge on any atom is -0.373 e. The molecule has 2 fully saturated rings. The van der Waals surface area contributed by atoms with Gasteiger partial charge in [-0.05, 0) is 19.8 Å². The van der Waals surface area contributed by atoms with E-state index in [1.807, 2.05) is 0 Å². The van der Waals surface area contributed by atoms with Crippen molar-refractivity contribution in [2.75, 3.05) is 24.6 Å². The summed E-state index contributed by atoms with van der Waals surface area (Å²) in [6.45, 7) is 3.88. The number of aromatic nitrogens is 2. The van der Waals surface area contributed by atoms with Crippen molar-refractivity contribution in [2.24, 2.45) is 5.73 Å². The molecule has 3 rings (SSSR count). The van der Waals surface area contributed by atoms with Gasteiger partial charge in [0.15, 0.2) is 0 Å². The second-order valence-corrected chi connectivity index (χ2v) is 5.46. The van der Waals surface area contributed by atoms with Crippen LogP contribution in [-0.4, -0.2) is 41.8 Å². The van der Waals surface area contributed by atoms with Crippen LogP contribution < -0.4 is 16.2 Å². The Bertz CT molecular complexity index is 512. The second-order valence-electron chi connectivity index (χ2n) is 5.46. The van der Waals surface area contributed by atoms with Crippen LogP contribution in [0.2, 0.25) is 0 Å². The van der Waals surface area contributed by atoms with Crippen molar-refractivity contribution in [3.05, 3.63) is 22.2 Å². The zero-order chi connectivity index (χ0) is 13.4. The number of rotatable bonds is 3. The highest BCUT2D eigenvalue weighted by Gasteiger charge is 2.30. The van der Waals surface area contributed by atoms with Gasteiger partial charge in [-0.15, -0.1) is 0 Å². The predicted molar refractivity (Wildman–Crippen MR) is 72.4 cm³/mol. The Kier molecular flexibility index (Phi) is 3.28. The Morgan fingerprint density at radius 3 is 3.05 bits per heavy atom. The minimum atomic E-state index is -0.0742. The number of anilines is 1. The molecule has 19 heavy (non-hydrogen) atoms. The molecule has 1 aromatic rings. The molecule has 1 aliphatic heterocycles. The van der Waals surface area contributed by atoms with Crippen molar-refractivity contribution in [3.63, 3.8) is 0 Å². The fourth-order valence-corrected chi connectivity index (χ4v) is 2.44. The molecular weight excluding hydrogens is 244 g/mol. The second kappa shape index (κ2) is 4.94. The van der Waals surface area contributed by atoms with Crippen LogP contribution in [0.25, 0.3) is 0 Å². The highest BCUT2D eigenvalue weighted by molar-refractivity contribution is 5.40.